The van der Waals surface area contributed by atoms with Gasteiger partial charge in [-0.25, -0.2) is 0 Å². The molecule has 1 aromatic rings. The first kappa shape index (κ1) is 11.8. The fourth-order valence-corrected chi connectivity index (χ4v) is 2.66. The van der Waals surface area contributed by atoms with Crippen LogP contribution in [0.3, 0.4) is 0 Å². The predicted molar refractivity (Wildman–Crippen MR) is 63.8 cm³/mol. The molecule has 2 rings (SSSR count). The SMILES string of the molecule is C[C@]1(C(=O)O)C(=O)CCC[C@H]1c1ccccc1. The number of hydrogen-bond acceptors (Lipinski definition) is 2. The van der Waals surface area contributed by atoms with Crippen molar-refractivity contribution in [3.63, 3.8) is 0 Å². The number of rotatable bonds is 2. The number of Topliss-reactive ketones (excluding diaryl/α,β-unsaturated/α-hetero) is 1. The van der Waals surface area contributed by atoms with Gasteiger partial charge in [0.15, 0.2) is 5.78 Å². The number of carboxylic acids is 1. The van der Waals surface area contributed by atoms with Gasteiger partial charge in [0.25, 0.3) is 0 Å². The summed E-state index contributed by atoms with van der Waals surface area (Å²) < 4.78 is 0. The number of hydrogen-bond donors (Lipinski definition) is 1. The predicted octanol–water partition coefficient (Wildman–Crippen LogP) is 2.61. The first-order valence-corrected chi connectivity index (χ1v) is 5.88. The van der Waals surface area contributed by atoms with Gasteiger partial charge >= 0.3 is 5.97 Å². The van der Waals surface area contributed by atoms with Gasteiger partial charge < -0.3 is 5.11 Å². The lowest BCUT2D eigenvalue weighted by molar-refractivity contribution is -0.157. The molecule has 90 valence electrons. The Morgan fingerprint density at radius 2 is 2.00 bits per heavy atom. The van der Waals surface area contributed by atoms with Gasteiger partial charge in [-0.1, -0.05) is 30.3 Å². The van der Waals surface area contributed by atoms with Gasteiger partial charge in [0, 0.05) is 12.3 Å². The summed E-state index contributed by atoms with van der Waals surface area (Å²) in [5.41, 5.74) is -0.315. The molecule has 3 heteroatoms. The second-order valence-corrected chi connectivity index (χ2v) is 4.79. The Kier molecular flexibility index (Phi) is 3.01. The van der Waals surface area contributed by atoms with E-state index in [9.17, 15) is 14.7 Å². The van der Waals surface area contributed by atoms with Crippen LogP contribution in [-0.2, 0) is 9.59 Å². The maximum absolute atomic E-state index is 12.0. The molecule has 17 heavy (non-hydrogen) atoms. The topological polar surface area (TPSA) is 54.4 Å². The molecule has 0 aliphatic heterocycles. The van der Waals surface area contributed by atoms with E-state index >= 15 is 0 Å². The maximum Gasteiger partial charge on any atom is 0.317 e. The van der Waals surface area contributed by atoms with Crippen LogP contribution >= 0.6 is 0 Å². The van der Waals surface area contributed by atoms with Gasteiger partial charge in [-0.15, -0.1) is 0 Å². The number of carbonyl (C=O) groups excluding carboxylic acids is 1. The average Bonchev–Trinajstić information content (AvgIpc) is 2.33. The van der Waals surface area contributed by atoms with E-state index in [1.165, 1.54) is 0 Å². The molecule has 1 fully saturated rings. The number of carbonyl (C=O) groups is 2. The highest BCUT2D eigenvalue weighted by molar-refractivity contribution is 6.04. The molecule has 1 N–H and O–H groups in total. The van der Waals surface area contributed by atoms with Gasteiger partial charge in [0.05, 0.1) is 0 Å². The largest absolute Gasteiger partial charge is 0.480 e. The van der Waals surface area contributed by atoms with Crippen LogP contribution in [0.5, 0.6) is 0 Å². The molecule has 0 aromatic heterocycles. The lowest BCUT2D eigenvalue weighted by Gasteiger charge is -2.36. The average molecular weight is 232 g/mol. The van der Waals surface area contributed by atoms with E-state index < -0.39 is 11.4 Å². The van der Waals surface area contributed by atoms with Gasteiger partial charge in [-0.3, -0.25) is 9.59 Å². The normalized spacial score (nSPS) is 29.0. The van der Waals surface area contributed by atoms with E-state index in [0.29, 0.717) is 6.42 Å². The van der Waals surface area contributed by atoms with Crippen LogP contribution in [0.25, 0.3) is 0 Å². The second kappa shape index (κ2) is 4.32. The zero-order chi connectivity index (χ0) is 12.5. The van der Waals surface area contributed by atoms with Crippen LogP contribution in [0.4, 0.5) is 0 Å². The van der Waals surface area contributed by atoms with Gasteiger partial charge in [-0.2, -0.15) is 0 Å². The first-order chi connectivity index (χ1) is 8.06. The Morgan fingerprint density at radius 3 is 2.59 bits per heavy atom. The van der Waals surface area contributed by atoms with Crippen molar-refractivity contribution in [3.05, 3.63) is 35.9 Å². The first-order valence-electron chi connectivity index (χ1n) is 5.88. The molecule has 1 aliphatic rings. The van der Waals surface area contributed by atoms with E-state index in [1.54, 1.807) is 6.92 Å². The summed E-state index contributed by atoms with van der Waals surface area (Å²) in [7, 11) is 0. The van der Waals surface area contributed by atoms with Crippen molar-refractivity contribution in [2.75, 3.05) is 0 Å². The molecule has 0 saturated heterocycles. The summed E-state index contributed by atoms with van der Waals surface area (Å²) in [5, 5.41) is 9.38. The van der Waals surface area contributed by atoms with Crippen molar-refractivity contribution in [2.24, 2.45) is 5.41 Å². The summed E-state index contributed by atoms with van der Waals surface area (Å²) in [6, 6.07) is 9.48. The minimum atomic E-state index is -1.26. The molecule has 0 heterocycles. The van der Waals surface area contributed by atoms with Gasteiger partial charge in [0.2, 0.25) is 0 Å². The molecule has 0 spiro atoms. The highest BCUT2D eigenvalue weighted by atomic mass is 16.4. The Bertz CT molecular complexity index is 438. The smallest absolute Gasteiger partial charge is 0.317 e. The number of aliphatic carboxylic acids is 1. The van der Waals surface area contributed by atoms with E-state index in [-0.39, 0.29) is 11.7 Å². The molecule has 0 radical (unpaired) electrons. The van der Waals surface area contributed by atoms with E-state index in [0.717, 1.165) is 18.4 Å². The Morgan fingerprint density at radius 1 is 1.35 bits per heavy atom. The van der Waals surface area contributed by atoms with Crippen LogP contribution in [0, 0.1) is 5.41 Å². The molecule has 1 aliphatic carbocycles. The standard InChI is InChI=1S/C14H16O3/c1-14(13(16)17)11(8-5-9-12(14)15)10-6-3-2-4-7-10/h2-4,6-7,11H,5,8-9H2,1H3,(H,16,17)/t11-,14+/m0/s1. The molecular weight excluding hydrogens is 216 g/mol. The molecule has 2 atom stereocenters. The molecule has 0 bridgehead atoms. The van der Waals surface area contributed by atoms with Gasteiger partial charge in [0.1, 0.15) is 5.41 Å². The van der Waals surface area contributed by atoms with Crippen LogP contribution in [0.1, 0.15) is 37.7 Å². The second-order valence-electron chi connectivity index (χ2n) is 4.79. The molecule has 0 unspecified atom stereocenters. The highest BCUT2D eigenvalue weighted by Crippen LogP contribution is 2.45. The van der Waals surface area contributed by atoms with Crippen molar-refractivity contribution < 1.29 is 14.7 Å². The quantitative estimate of drug-likeness (QED) is 0.797. The van der Waals surface area contributed by atoms with E-state index in [2.05, 4.69) is 0 Å². The Labute approximate surface area is 100 Å². The van der Waals surface area contributed by atoms with Crippen LogP contribution in [-0.4, -0.2) is 16.9 Å². The monoisotopic (exact) mass is 232 g/mol. The zero-order valence-corrected chi connectivity index (χ0v) is 9.85. The minimum Gasteiger partial charge on any atom is -0.480 e. The third-order valence-corrected chi connectivity index (χ3v) is 3.82. The van der Waals surface area contributed by atoms with E-state index in [4.69, 9.17) is 0 Å². The molecule has 0 amide bonds. The number of benzene rings is 1. The lowest BCUT2D eigenvalue weighted by atomic mass is 9.64. The van der Waals surface area contributed by atoms with Crippen LogP contribution in [0.15, 0.2) is 30.3 Å². The molecular formula is C14H16O3. The third kappa shape index (κ3) is 1.86. The van der Waals surface area contributed by atoms with Crippen molar-refractivity contribution in [3.8, 4) is 0 Å². The summed E-state index contributed by atoms with van der Waals surface area (Å²) in [6.45, 7) is 1.56. The third-order valence-electron chi connectivity index (χ3n) is 3.82. The summed E-state index contributed by atoms with van der Waals surface area (Å²) in [4.78, 5) is 23.4. The molecule has 1 saturated carbocycles. The summed E-state index contributed by atoms with van der Waals surface area (Å²) >= 11 is 0. The number of carboxylic acid groups (broad SMARTS) is 1. The van der Waals surface area contributed by atoms with Gasteiger partial charge in [-0.05, 0) is 25.3 Å². The van der Waals surface area contributed by atoms with Crippen LogP contribution in [0.2, 0.25) is 0 Å². The summed E-state index contributed by atoms with van der Waals surface area (Å²) in [6.07, 6.45) is 1.92. The summed E-state index contributed by atoms with van der Waals surface area (Å²) in [5.74, 6) is -1.36. The lowest BCUT2D eigenvalue weighted by Crippen LogP contribution is -2.44. The minimum absolute atomic E-state index is 0.148. The fourth-order valence-electron chi connectivity index (χ4n) is 2.66. The fraction of sp³-hybridized carbons (Fsp3) is 0.429. The number of ketones is 1. The van der Waals surface area contributed by atoms with Crippen molar-refractivity contribution in [1.82, 2.24) is 0 Å². The van der Waals surface area contributed by atoms with Crippen molar-refractivity contribution >= 4 is 11.8 Å². The highest BCUT2D eigenvalue weighted by Gasteiger charge is 2.50. The zero-order valence-electron chi connectivity index (χ0n) is 9.85. The Hall–Kier alpha value is -1.64. The molecule has 3 nitrogen and oxygen atoms in total. The maximum atomic E-state index is 12.0. The van der Waals surface area contributed by atoms with E-state index in [1.807, 2.05) is 30.3 Å². The van der Waals surface area contributed by atoms with Crippen LogP contribution < -0.4 is 0 Å². The van der Waals surface area contributed by atoms with Crippen molar-refractivity contribution in [1.29, 1.82) is 0 Å². The van der Waals surface area contributed by atoms with Crippen molar-refractivity contribution in [2.45, 2.75) is 32.1 Å². The Balaban J connectivity index is 2.44. The molecule has 1 aromatic carbocycles.